The molecule has 108 valence electrons. The number of rotatable bonds is 8. The SMILES string of the molecule is C/C=C\CN1C(=O)CC[C@@H]1/C=C/C(O)CCCCC. The van der Waals surface area contributed by atoms with Crippen LogP contribution in [-0.4, -0.2) is 34.6 Å². The van der Waals surface area contributed by atoms with Gasteiger partial charge in [0.2, 0.25) is 5.91 Å². The molecule has 1 fully saturated rings. The number of nitrogens with zero attached hydrogens (tertiary/aromatic N) is 1. The minimum Gasteiger partial charge on any atom is -0.389 e. The van der Waals surface area contributed by atoms with Crippen LogP contribution in [0.1, 0.15) is 52.4 Å². The van der Waals surface area contributed by atoms with E-state index >= 15 is 0 Å². The summed E-state index contributed by atoms with van der Waals surface area (Å²) in [4.78, 5) is 13.6. The predicted molar refractivity (Wildman–Crippen MR) is 78.8 cm³/mol. The molecule has 0 aromatic rings. The molecule has 1 amide bonds. The Morgan fingerprint density at radius 1 is 1.47 bits per heavy atom. The van der Waals surface area contributed by atoms with Crippen LogP contribution in [0.4, 0.5) is 0 Å². The number of carbonyl (C=O) groups excluding carboxylic acids is 1. The normalized spacial score (nSPS) is 21.9. The molecule has 3 nitrogen and oxygen atoms in total. The van der Waals surface area contributed by atoms with Crippen molar-refractivity contribution in [3.8, 4) is 0 Å². The van der Waals surface area contributed by atoms with E-state index in [0.717, 1.165) is 19.3 Å². The number of aliphatic hydroxyl groups excluding tert-OH is 1. The standard InChI is InChI=1S/C16H27NO2/c1-3-5-7-8-15(18)11-9-14-10-12-16(19)17(14)13-6-4-2/h4,6,9,11,14-15,18H,3,5,7-8,10,12-13H2,1-2H3/b6-4-,11-9+/t14-,15?/m0/s1. The topological polar surface area (TPSA) is 40.5 Å². The Balaban J connectivity index is 2.42. The van der Waals surface area contributed by atoms with Crippen LogP contribution < -0.4 is 0 Å². The lowest BCUT2D eigenvalue weighted by Gasteiger charge is -2.21. The second kappa shape index (κ2) is 8.92. The number of hydrogen-bond acceptors (Lipinski definition) is 2. The van der Waals surface area contributed by atoms with E-state index in [0.29, 0.717) is 13.0 Å². The van der Waals surface area contributed by atoms with Crippen molar-refractivity contribution in [2.75, 3.05) is 6.54 Å². The van der Waals surface area contributed by atoms with E-state index in [4.69, 9.17) is 0 Å². The minimum absolute atomic E-state index is 0.157. The quantitative estimate of drug-likeness (QED) is 0.541. The van der Waals surface area contributed by atoms with Crippen LogP contribution in [0.25, 0.3) is 0 Å². The average molecular weight is 265 g/mol. The van der Waals surface area contributed by atoms with Gasteiger partial charge in [-0.15, -0.1) is 0 Å². The van der Waals surface area contributed by atoms with Crippen LogP contribution in [-0.2, 0) is 4.79 Å². The lowest BCUT2D eigenvalue weighted by molar-refractivity contribution is -0.127. The van der Waals surface area contributed by atoms with Crippen LogP contribution in [0, 0.1) is 0 Å². The van der Waals surface area contributed by atoms with Gasteiger partial charge in [0.25, 0.3) is 0 Å². The molecule has 3 heteroatoms. The molecule has 0 spiro atoms. The van der Waals surface area contributed by atoms with Crippen molar-refractivity contribution < 1.29 is 9.90 Å². The zero-order valence-electron chi connectivity index (χ0n) is 12.2. The molecule has 0 aliphatic carbocycles. The van der Waals surface area contributed by atoms with Gasteiger partial charge in [-0.25, -0.2) is 0 Å². The molecule has 0 bridgehead atoms. The molecular formula is C16H27NO2. The third-order valence-corrected chi connectivity index (χ3v) is 3.57. The van der Waals surface area contributed by atoms with Gasteiger partial charge < -0.3 is 10.0 Å². The lowest BCUT2D eigenvalue weighted by atomic mass is 10.1. The Morgan fingerprint density at radius 3 is 2.95 bits per heavy atom. The molecule has 1 aliphatic heterocycles. The zero-order valence-corrected chi connectivity index (χ0v) is 12.2. The minimum atomic E-state index is -0.370. The van der Waals surface area contributed by atoms with Crippen molar-refractivity contribution in [1.29, 1.82) is 0 Å². The van der Waals surface area contributed by atoms with E-state index in [1.807, 2.05) is 36.1 Å². The van der Waals surface area contributed by atoms with Crippen molar-refractivity contribution in [3.63, 3.8) is 0 Å². The van der Waals surface area contributed by atoms with E-state index in [1.54, 1.807) is 0 Å². The van der Waals surface area contributed by atoms with Crippen molar-refractivity contribution in [2.24, 2.45) is 0 Å². The third-order valence-electron chi connectivity index (χ3n) is 3.57. The van der Waals surface area contributed by atoms with Crippen LogP contribution in [0.5, 0.6) is 0 Å². The fourth-order valence-electron chi connectivity index (χ4n) is 2.37. The van der Waals surface area contributed by atoms with Gasteiger partial charge in [-0.2, -0.15) is 0 Å². The van der Waals surface area contributed by atoms with Gasteiger partial charge in [0.05, 0.1) is 12.1 Å². The van der Waals surface area contributed by atoms with E-state index < -0.39 is 0 Å². The highest BCUT2D eigenvalue weighted by molar-refractivity contribution is 5.79. The van der Waals surface area contributed by atoms with Crippen LogP contribution in [0.2, 0.25) is 0 Å². The van der Waals surface area contributed by atoms with Gasteiger partial charge in [0, 0.05) is 13.0 Å². The van der Waals surface area contributed by atoms with E-state index in [-0.39, 0.29) is 18.1 Å². The third kappa shape index (κ3) is 5.60. The molecule has 1 saturated heterocycles. The molecule has 1 heterocycles. The van der Waals surface area contributed by atoms with Gasteiger partial charge >= 0.3 is 0 Å². The number of carbonyl (C=O) groups is 1. The molecule has 2 atom stereocenters. The van der Waals surface area contributed by atoms with E-state index in [1.165, 1.54) is 12.8 Å². The Morgan fingerprint density at radius 2 is 2.26 bits per heavy atom. The smallest absolute Gasteiger partial charge is 0.223 e. The maximum atomic E-state index is 11.7. The second-order valence-corrected chi connectivity index (χ2v) is 5.17. The molecule has 0 saturated carbocycles. The highest BCUT2D eigenvalue weighted by atomic mass is 16.3. The van der Waals surface area contributed by atoms with Gasteiger partial charge in [0.15, 0.2) is 0 Å². The molecule has 1 N–H and O–H groups in total. The number of hydrogen-bond donors (Lipinski definition) is 1. The molecule has 1 rings (SSSR count). The Labute approximate surface area is 117 Å². The summed E-state index contributed by atoms with van der Waals surface area (Å²) in [6.07, 6.45) is 13.2. The van der Waals surface area contributed by atoms with E-state index in [2.05, 4.69) is 6.92 Å². The first kappa shape index (κ1) is 16.0. The maximum absolute atomic E-state index is 11.7. The van der Waals surface area contributed by atoms with Crippen molar-refractivity contribution in [2.45, 2.75) is 64.5 Å². The Bertz CT molecular complexity index is 323. The van der Waals surface area contributed by atoms with Gasteiger partial charge in [-0.1, -0.05) is 50.5 Å². The summed E-state index contributed by atoms with van der Waals surface area (Å²) in [6.45, 7) is 4.80. The second-order valence-electron chi connectivity index (χ2n) is 5.17. The average Bonchev–Trinajstić information content (AvgIpc) is 2.75. The molecule has 0 aromatic heterocycles. The summed E-state index contributed by atoms with van der Waals surface area (Å²) in [7, 11) is 0. The Kier molecular flexibility index (Phi) is 7.49. The van der Waals surface area contributed by atoms with Crippen LogP contribution >= 0.6 is 0 Å². The molecule has 1 unspecified atom stereocenters. The molecule has 1 aliphatic rings. The highest BCUT2D eigenvalue weighted by Gasteiger charge is 2.27. The molecule has 0 aromatic carbocycles. The monoisotopic (exact) mass is 265 g/mol. The lowest BCUT2D eigenvalue weighted by Crippen LogP contribution is -2.32. The largest absolute Gasteiger partial charge is 0.389 e. The first-order chi connectivity index (χ1) is 9.19. The predicted octanol–water partition coefficient (Wildman–Crippen LogP) is 3.05. The van der Waals surface area contributed by atoms with Gasteiger partial charge in [-0.05, 0) is 19.8 Å². The van der Waals surface area contributed by atoms with Gasteiger partial charge in [0.1, 0.15) is 0 Å². The maximum Gasteiger partial charge on any atom is 0.223 e. The number of aliphatic hydroxyl groups is 1. The number of amides is 1. The number of unbranched alkanes of at least 4 members (excludes halogenated alkanes) is 2. The fraction of sp³-hybridized carbons (Fsp3) is 0.688. The van der Waals surface area contributed by atoms with E-state index in [9.17, 15) is 9.90 Å². The summed E-state index contributed by atoms with van der Waals surface area (Å²) in [5.74, 6) is 0.216. The van der Waals surface area contributed by atoms with Crippen LogP contribution in [0.3, 0.4) is 0 Å². The first-order valence-corrected chi connectivity index (χ1v) is 7.46. The molecular weight excluding hydrogens is 238 g/mol. The zero-order chi connectivity index (χ0) is 14.1. The number of likely N-dealkylation sites (tertiary alicyclic amines) is 1. The van der Waals surface area contributed by atoms with Crippen molar-refractivity contribution in [3.05, 3.63) is 24.3 Å². The fourth-order valence-corrected chi connectivity index (χ4v) is 2.37. The van der Waals surface area contributed by atoms with Gasteiger partial charge in [-0.3, -0.25) is 4.79 Å². The first-order valence-electron chi connectivity index (χ1n) is 7.46. The molecule has 0 radical (unpaired) electrons. The summed E-state index contributed by atoms with van der Waals surface area (Å²) < 4.78 is 0. The summed E-state index contributed by atoms with van der Waals surface area (Å²) in [5.41, 5.74) is 0. The molecule has 19 heavy (non-hydrogen) atoms. The van der Waals surface area contributed by atoms with Crippen molar-refractivity contribution >= 4 is 5.91 Å². The Hall–Kier alpha value is -1.09. The number of allylic oxidation sites excluding steroid dienone is 1. The summed E-state index contributed by atoms with van der Waals surface area (Å²) in [6, 6.07) is 0.157. The highest BCUT2D eigenvalue weighted by Crippen LogP contribution is 2.20. The van der Waals surface area contributed by atoms with Crippen molar-refractivity contribution in [1.82, 2.24) is 4.90 Å². The summed E-state index contributed by atoms with van der Waals surface area (Å²) in [5, 5.41) is 9.86. The van der Waals surface area contributed by atoms with Crippen LogP contribution in [0.15, 0.2) is 24.3 Å². The summed E-state index contributed by atoms with van der Waals surface area (Å²) >= 11 is 0.